The molecule has 7 heteroatoms. The zero-order valence-corrected chi connectivity index (χ0v) is 15.9. The Labute approximate surface area is 167 Å². The minimum atomic E-state index is -0.138. The van der Waals surface area contributed by atoms with Gasteiger partial charge in [-0.25, -0.2) is 0 Å². The Bertz CT molecular complexity index is 1090. The number of para-hydroxylation sites is 1. The first-order valence-corrected chi connectivity index (χ1v) is 9.80. The lowest BCUT2D eigenvalue weighted by Crippen LogP contribution is -2.49. The number of benzene rings is 1. The number of nitrogens with zero attached hydrogens (tertiary/aromatic N) is 3. The van der Waals surface area contributed by atoms with Crippen LogP contribution in [0.4, 0.5) is 0 Å². The molecule has 2 atom stereocenters. The van der Waals surface area contributed by atoms with E-state index < -0.39 is 0 Å². The Hall–Kier alpha value is -3.35. The molecule has 0 saturated carbocycles. The number of piperidine rings is 1. The second-order valence-corrected chi connectivity index (χ2v) is 7.69. The summed E-state index contributed by atoms with van der Waals surface area (Å²) in [6, 6.07) is 16.5. The van der Waals surface area contributed by atoms with Gasteiger partial charge in [-0.05, 0) is 30.5 Å². The zero-order chi connectivity index (χ0) is 19.8. The van der Waals surface area contributed by atoms with Gasteiger partial charge in [-0.15, -0.1) is 0 Å². The largest absolute Gasteiger partial charge is 0.486 e. The number of rotatable bonds is 4. The number of carbonyl (C=O) groups is 1. The molecule has 148 valence electrons. The number of carbonyl (C=O) groups excluding carboxylic acids is 1. The van der Waals surface area contributed by atoms with Crippen LogP contribution >= 0.6 is 0 Å². The summed E-state index contributed by atoms with van der Waals surface area (Å²) in [6.07, 6.45) is 1.00. The van der Waals surface area contributed by atoms with Crippen LogP contribution in [0.3, 0.4) is 0 Å². The van der Waals surface area contributed by atoms with E-state index in [2.05, 4.69) is 5.16 Å². The smallest absolute Gasteiger partial charge is 0.276 e. The fourth-order valence-corrected chi connectivity index (χ4v) is 4.38. The van der Waals surface area contributed by atoms with Crippen LogP contribution < -0.4 is 10.3 Å². The molecule has 0 radical (unpaired) electrons. The molecular formula is C22H21N3O4. The van der Waals surface area contributed by atoms with E-state index in [1.165, 1.54) is 0 Å². The summed E-state index contributed by atoms with van der Waals surface area (Å²) in [5.41, 5.74) is 1.35. The van der Waals surface area contributed by atoms with Gasteiger partial charge in [0.15, 0.2) is 11.5 Å². The van der Waals surface area contributed by atoms with Gasteiger partial charge in [0.2, 0.25) is 0 Å². The number of hydrogen-bond acceptors (Lipinski definition) is 5. The molecule has 1 saturated heterocycles. The van der Waals surface area contributed by atoms with E-state index in [-0.39, 0.29) is 29.9 Å². The van der Waals surface area contributed by atoms with Gasteiger partial charge in [-0.2, -0.15) is 0 Å². The topological polar surface area (TPSA) is 77.6 Å². The summed E-state index contributed by atoms with van der Waals surface area (Å²) in [6.45, 7) is 2.08. The van der Waals surface area contributed by atoms with E-state index in [4.69, 9.17) is 9.26 Å². The van der Waals surface area contributed by atoms with Gasteiger partial charge < -0.3 is 18.7 Å². The monoisotopic (exact) mass is 391 g/mol. The van der Waals surface area contributed by atoms with Crippen LogP contribution in [0, 0.1) is 5.92 Å². The van der Waals surface area contributed by atoms with Crippen LogP contribution in [0.15, 0.2) is 63.9 Å². The minimum absolute atomic E-state index is 0.0385. The molecule has 1 amide bonds. The maximum atomic E-state index is 13.0. The molecule has 4 heterocycles. The lowest BCUT2D eigenvalue weighted by atomic mass is 9.83. The fourth-order valence-electron chi connectivity index (χ4n) is 4.38. The van der Waals surface area contributed by atoms with Crippen molar-refractivity contribution in [2.75, 3.05) is 13.1 Å². The van der Waals surface area contributed by atoms with Crippen molar-refractivity contribution in [1.82, 2.24) is 14.6 Å². The van der Waals surface area contributed by atoms with Crippen LogP contribution in [0.25, 0.3) is 0 Å². The Balaban J connectivity index is 1.28. The Kier molecular flexibility index (Phi) is 4.42. The second-order valence-electron chi connectivity index (χ2n) is 7.69. The Morgan fingerprint density at radius 3 is 2.83 bits per heavy atom. The van der Waals surface area contributed by atoms with Crippen LogP contribution in [0.1, 0.15) is 34.3 Å². The molecule has 3 aromatic rings. The number of aromatic nitrogens is 2. The molecule has 2 aliphatic heterocycles. The summed E-state index contributed by atoms with van der Waals surface area (Å²) in [4.78, 5) is 27.0. The van der Waals surface area contributed by atoms with E-state index in [1.54, 1.807) is 18.2 Å². The molecule has 0 unspecified atom stereocenters. The SMILES string of the molecule is O=C(c1cc(COc2ccccc2)on1)N1C[C@H]2C[C@@H](C1)c1cccc(=O)n1C2. The molecule has 1 aromatic carbocycles. The highest BCUT2D eigenvalue weighted by atomic mass is 16.5. The molecule has 0 aliphatic carbocycles. The van der Waals surface area contributed by atoms with Crippen molar-refractivity contribution in [3.63, 3.8) is 0 Å². The van der Waals surface area contributed by atoms with Gasteiger partial charge in [0, 0.05) is 43.4 Å². The summed E-state index contributed by atoms with van der Waals surface area (Å²) in [5, 5.41) is 3.95. The summed E-state index contributed by atoms with van der Waals surface area (Å²) >= 11 is 0. The van der Waals surface area contributed by atoms with Crippen molar-refractivity contribution in [1.29, 1.82) is 0 Å². The molecule has 0 N–H and O–H groups in total. The molecule has 5 rings (SSSR count). The second kappa shape index (κ2) is 7.24. The maximum Gasteiger partial charge on any atom is 0.276 e. The number of hydrogen-bond donors (Lipinski definition) is 0. The van der Waals surface area contributed by atoms with Gasteiger partial charge in [0.25, 0.3) is 11.5 Å². The molecule has 1 fully saturated rings. The number of amides is 1. The average molecular weight is 391 g/mol. The van der Waals surface area contributed by atoms with Crippen LogP contribution in [-0.4, -0.2) is 33.6 Å². The zero-order valence-electron chi connectivity index (χ0n) is 15.9. The molecule has 2 aliphatic rings. The third kappa shape index (κ3) is 3.44. The van der Waals surface area contributed by atoms with Crippen LogP contribution in [-0.2, 0) is 13.2 Å². The van der Waals surface area contributed by atoms with Crippen molar-refractivity contribution < 1.29 is 14.1 Å². The molecule has 2 bridgehead atoms. The molecule has 2 aromatic heterocycles. The minimum Gasteiger partial charge on any atom is -0.486 e. The fraction of sp³-hybridized carbons (Fsp3) is 0.318. The van der Waals surface area contributed by atoms with Gasteiger partial charge in [0.05, 0.1) is 0 Å². The molecular weight excluding hydrogens is 370 g/mol. The van der Waals surface area contributed by atoms with Crippen molar-refractivity contribution >= 4 is 5.91 Å². The Morgan fingerprint density at radius 1 is 1.10 bits per heavy atom. The van der Waals surface area contributed by atoms with Crippen molar-refractivity contribution in [2.24, 2.45) is 5.92 Å². The van der Waals surface area contributed by atoms with Crippen LogP contribution in [0.5, 0.6) is 5.75 Å². The summed E-state index contributed by atoms with van der Waals surface area (Å²) in [5.74, 6) is 1.55. The van der Waals surface area contributed by atoms with Gasteiger partial charge in [0.1, 0.15) is 12.4 Å². The molecule has 7 nitrogen and oxygen atoms in total. The highest BCUT2D eigenvalue weighted by Gasteiger charge is 2.37. The number of fused-ring (bicyclic) bond motifs is 4. The van der Waals surface area contributed by atoms with E-state index in [0.717, 1.165) is 17.9 Å². The molecule has 0 spiro atoms. The quantitative estimate of drug-likeness (QED) is 0.683. The van der Waals surface area contributed by atoms with Gasteiger partial charge in [-0.1, -0.05) is 29.4 Å². The van der Waals surface area contributed by atoms with E-state index in [9.17, 15) is 9.59 Å². The van der Waals surface area contributed by atoms with E-state index >= 15 is 0 Å². The molecule has 29 heavy (non-hydrogen) atoms. The summed E-state index contributed by atoms with van der Waals surface area (Å²) in [7, 11) is 0. The average Bonchev–Trinajstić information content (AvgIpc) is 3.22. The Morgan fingerprint density at radius 2 is 1.97 bits per heavy atom. The first kappa shape index (κ1) is 17.7. The highest BCUT2D eigenvalue weighted by Crippen LogP contribution is 2.35. The standard InChI is InChI=1S/C22H21N3O4/c26-21-8-4-7-20-16-9-15(12-25(20)21)11-24(13-16)22(27)19-10-18(29-23-19)14-28-17-5-2-1-3-6-17/h1-8,10,15-16H,9,11-14H2/t15-,16+/m1/s1. The first-order valence-electron chi connectivity index (χ1n) is 9.80. The number of pyridine rings is 1. The van der Waals surface area contributed by atoms with E-state index in [0.29, 0.717) is 31.1 Å². The van der Waals surface area contributed by atoms with Gasteiger partial charge >= 0.3 is 0 Å². The van der Waals surface area contributed by atoms with Crippen molar-refractivity contribution in [3.8, 4) is 5.75 Å². The van der Waals surface area contributed by atoms with Crippen LogP contribution in [0.2, 0.25) is 0 Å². The highest BCUT2D eigenvalue weighted by molar-refractivity contribution is 5.92. The lowest BCUT2D eigenvalue weighted by Gasteiger charge is -2.42. The normalized spacial score (nSPS) is 20.2. The van der Waals surface area contributed by atoms with Gasteiger partial charge in [-0.3, -0.25) is 9.59 Å². The van der Waals surface area contributed by atoms with E-state index in [1.807, 2.05) is 45.9 Å². The lowest BCUT2D eigenvalue weighted by molar-refractivity contribution is 0.0584. The van der Waals surface area contributed by atoms with Crippen molar-refractivity contribution in [2.45, 2.75) is 25.5 Å². The third-order valence-electron chi connectivity index (χ3n) is 5.67. The summed E-state index contributed by atoms with van der Waals surface area (Å²) < 4.78 is 12.8. The predicted molar refractivity (Wildman–Crippen MR) is 105 cm³/mol. The van der Waals surface area contributed by atoms with Crippen molar-refractivity contribution in [3.05, 3.63) is 82.1 Å². The predicted octanol–water partition coefficient (Wildman–Crippen LogP) is 2.67. The number of ether oxygens (including phenoxy) is 1. The first-order chi connectivity index (χ1) is 14.2. The number of likely N-dealkylation sites (tertiary alicyclic amines) is 1. The maximum absolute atomic E-state index is 13.0. The third-order valence-corrected chi connectivity index (χ3v) is 5.67.